The molecule has 2 aromatic rings. The molecule has 1 saturated heterocycles. The lowest BCUT2D eigenvalue weighted by Gasteiger charge is -2.33. The summed E-state index contributed by atoms with van der Waals surface area (Å²) in [6.45, 7) is 6.42. The van der Waals surface area contributed by atoms with Gasteiger partial charge in [-0.15, -0.1) is 0 Å². The largest absolute Gasteiger partial charge is 0.480 e. The van der Waals surface area contributed by atoms with E-state index in [1.54, 1.807) is 4.90 Å². The van der Waals surface area contributed by atoms with Crippen LogP contribution < -0.4 is 0 Å². The number of likely N-dealkylation sites (tertiary alicyclic amines) is 1. The molecule has 1 N–H and O–H groups in total. The lowest BCUT2D eigenvalue weighted by atomic mass is 10.1. The van der Waals surface area contributed by atoms with Crippen molar-refractivity contribution in [3.63, 3.8) is 0 Å². The summed E-state index contributed by atoms with van der Waals surface area (Å²) in [5.74, 6) is -3.74. The molecule has 0 aliphatic carbocycles. The Hall–Kier alpha value is -3.06. The molecule has 1 amide bonds. The molecule has 0 atom stereocenters. The molecule has 0 saturated carbocycles. The summed E-state index contributed by atoms with van der Waals surface area (Å²) in [7, 11) is -4.31. The van der Waals surface area contributed by atoms with Gasteiger partial charge in [0.15, 0.2) is 15.6 Å². The monoisotopic (exact) mass is 499 g/mol. The summed E-state index contributed by atoms with van der Waals surface area (Å²) in [6.07, 6.45) is 0.738. The molecule has 0 unspecified atom stereocenters. The van der Waals surface area contributed by atoms with E-state index in [1.165, 1.54) is 6.07 Å². The molecular weight excluding hydrogens is 473 g/mol. The maximum atomic E-state index is 14.3. The quantitative estimate of drug-likeness (QED) is 0.602. The molecule has 3 rings (SSSR count). The molecule has 34 heavy (non-hydrogen) atoms. The average molecular weight is 500 g/mol. The summed E-state index contributed by atoms with van der Waals surface area (Å²) in [6, 6.07) is 3.13. The maximum Gasteiger partial charge on any atom is 0.410 e. The number of aromatic nitrogens is 2. The van der Waals surface area contributed by atoms with Crippen molar-refractivity contribution < 1.29 is 41.5 Å². The van der Waals surface area contributed by atoms with E-state index in [0.717, 1.165) is 12.1 Å². The van der Waals surface area contributed by atoms with Crippen molar-refractivity contribution in [1.82, 2.24) is 15.0 Å². The zero-order valence-corrected chi connectivity index (χ0v) is 19.8. The topological polar surface area (TPSA) is 149 Å². The number of ether oxygens (including phenoxy) is 2. The first-order valence-electron chi connectivity index (χ1n) is 10.5. The van der Waals surface area contributed by atoms with Gasteiger partial charge in [-0.1, -0.05) is 5.16 Å². The summed E-state index contributed by atoms with van der Waals surface area (Å²) < 4.78 is 54.5. The number of nitrogens with zero attached hydrogens (tertiary/aromatic N) is 3. The van der Waals surface area contributed by atoms with Crippen molar-refractivity contribution >= 4 is 21.9 Å². The molecule has 0 radical (unpaired) electrons. The Bertz CT molecular complexity index is 1150. The predicted octanol–water partition coefficient (Wildman–Crippen LogP) is 2.65. The number of amides is 1. The second-order valence-electron chi connectivity index (χ2n) is 8.79. The van der Waals surface area contributed by atoms with Crippen LogP contribution in [0.5, 0.6) is 0 Å². The third-order valence-electron chi connectivity index (χ3n) is 4.84. The Morgan fingerprint density at radius 2 is 1.94 bits per heavy atom. The van der Waals surface area contributed by atoms with Gasteiger partial charge < -0.3 is 24.0 Å². The van der Waals surface area contributed by atoms with Gasteiger partial charge in [-0.25, -0.2) is 17.6 Å². The van der Waals surface area contributed by atoms with Gasteiger partial charge in [0.2, 0.25) is 5.82 Å². The van der Waals surface area contributed by atoms with Crippen LogP contribution in [0.2, 0.25) is 0 Å². The van der Waals surface area contributed by atoms with Crippen molar-refractivity contribution in [2.45, 2.75) is 56.8 Å². The van der Waals surface area contributed by atoms with Gasteiger partial charge in [-0.3, -0.25) is 4.79 Å². The Morgan fingerprint density at radius 3 is 2.53 bits per heavy atom. The molecule has 2 heterocycles. The SMILES string of the molecule is CC(C)(C)OC(=O)N1CCC(OCc2nc(-c3ccc(S(=O)(=O)CC(=O)O)c(F)c3)no2)CC1. The van der Waals surface area contributed by atoms with E-state index >= 15 is 0 Å². The van der Waals surface area contributed by atoms with Crippen LogP contribution in [0.4, 0.5) is 9.18 Å². The number of sulfone groups is 1. The Morgan fingerprint density at radius 1 is 1.26 bits per heavy atom. The van der Waals surface area contributed by atoms with Crippen molar-refractivity contribution in [3.05, 3.63) is 29.9 Å². The number of carboxylic acid groups (broad SMARTS) is 1. The van der Waals surface area contributed by atoms with E-state index in [4.69, 9.17) is 19.1 Å². The number of carbonyl (C=O) groups excluding carboxylic acids is 1. The van der Waals surface area contributed by atoms with Crippen LogP contribution in [0.3, 0.4) is 0 Å². The lowest BCUT2D eigenvalue weighted by molar-refractivity contribution is -0.134. The smallest absolute Gasteiger partial charge is 0.410 e. The van der Waals surface area contributed by atoms with E-state index in [2.05, 4.69) is 10.1 Å². The van der Waals surface area contributed by atoms with E-state index in [0.29, 0.717) is 25.9 Å². The van der Waals surface area contributed by atoms with Gasteiger partial charge in [-0.2, -0.15) is 4.98 Å². The number of halogens is 1. The highest BCUT2D eigenvalue weighted by molar-refractivity contribution is 7.92. The molecule has 1 aliphatic rings. The minimum absolute atomic E-state index is 0.0116. The number of hydrogen-bond acceptors (Lipinski definition) is 9. The minimum Gasteiger partial charge on any atom is -0.480 e. The predicted molar refractivity (Wildman–Crippen MR) is 115 cm³/mol. The lowest BCUT2D eigenvalue weighted by Crippen LogP contribution is -2.43. The molecule has 1 aromatic heterocycles. The van der Waals surface area contributed by atoms with Crippen LogP contribution >= 0.6 is 0 Å². The zero-order chi connectivity index (χ0) is 25.1. The Balaban J connectivity index is 1.55. The van der Waals surface area contributed by atoms with E-state index in [1.807, 2.05) is 20.8 Å². The Kier molecular flexibility index (Phi) is 7.56. The van der Waals surface area contributed by atoms with Crippen LogP contribution in [0.15, 0.2) is 27.6 Å². The number of carboxylic acids is 1. The number of benzene rings is 1. The second kappa shape index (κ2) is 10.1. The highest BCUT2D eigenvalue weighted by Gasteiger charge is 2.28. The molecule has 186 valence electrons. The number of aliphatic carboxylic acids is 1. The molecule has 11 nitrogen and oxygen atoms in total. The summed E-state index contributed by atoms with van der Waals surface area (Å²) in [5, 5.41) is 12.4. The third-order valence-corrected chi connectivity index (χ3v) is 6.47. The standard InChI is InChI=1S/C21H26FN3O8S/c1-21(2,3)32-20(28)25-8-6-14(7-9-25)31-11-17-23-19(24-33-17)13-4-5-16(15(22)10-13)34(29,30)12-18(26)27/h4-5,10,14H,6-9,11-12H2,1-3H3,(H,26,27). The molecular formula is C21H26FN3O8S. The van der Waals surface area contributed by atoms with Crippen LogP contribution in [0, 0.1) is 5.82 Å². The first-order chi connectivity index (χ1) is 15.8. The van der Waals surface area contributed by atoms with Crippen molar-refractivity contribution in [2.75, 3.05) is 18.8 Å². The third kappa shape index (κ3) is 6.73. The fraction of sp³-hybridized carbons (Fsp3) is 0.524. The second-order valence-corrected chi connectivity index (χ2v) is 10.7. The van der Waals surface area contributed by atoms with Gasteiger partial charge in [-0.05, 0) is 51.8 Å². The van der Waals surface area contributed by atoms with Crippen LogP contribution in [-0.4, -0.2) is 71.2 Å². The van der Waals surface area contributed by atoms with Crippen LogP contribution in [0.25, 0.3) is 11.4 Å². The van der Waals surface area contributed by atoms with Gasteiger partial charge in [0.05, 0.1) is 6.10 Å². The molecule has 0 bridgehead atoms. The molecule has 1 aliphatic heterocycles. The first-order valence-corrected chi connectivity index (χ1v) is 12.2. The van der Waals surface area contributed by atoms with E-state index in [9.17, 15) is 22.4 Å². The number of hydrogen-bond donors (Lipinski definition) is 1. The fourth-order valence-electron chi connectivity index (χ4n) is 3.28. The normalized spacial score (nSPS) is 15.4. The van der Waals surface area contributed by atoms with Crippen molar-refractivity contribution in [2.24, 2.45) is 0 Å². The van der Waals surface area contributed by atoms with Crippen molar-refractivity contribution in [3.8, 4) is 11.4 Å². The minimum atomic E-state index is -4.31. The summed E-state index contributed by atoms with van der Waals surface area (Å²) >= 11 is 0. The fourth-order valence-corrected chi connectivity index (χ4v) is 4.40. The summed E-state index contributed by atoms with van der Waals surface area (Å²) in [5.41, 5.74) is -0.400. The maximum absolute atomic E-state index is 14.3. The van der Waals surface area contributed by atoms with Gasteiger partial charge >= 0.3 is 12.1 Å². The first kappa shape index (κ1) is 25.6. The van der Waals surface area contributed by atoms with E-state index in [-0.39, 0.29) is 36.1 Å². The van der Waals surface area contributed by atoms with Gasteiger partial charge in [0, 0.05) is 18.7 Å². The number of piperidine rings is 1. The number of carbonyl (C=O) groups is 2. The van der Waals surface area contributed by atoms with Gasteiger partial charge in [0.25, 0.3) is 5.89 Å². The van der Waals surface area contributed by atoms with Gasteiger partial charge in [0.1, 0.15) is 22.9 Å². The van der Waals surface area contributed by atoms with Crippen molar-refractivity contribution in [1.29, 1.82) is 0 Å². The summed E-state index contributed by atoms with van der Waals surface area (Å²) in [4.78, 5) is 27.9. The molecule has 0 spiro atoms. The van der Waals surface area contributed by atoms with Crippen LogP contribution in [0.1, 0.15) is 39.5 Å². The molecule has 13 heteroatoms. The molecule has 1 aromatic carbocycles. The van der Waals surface area contributed by atoms with E-state index < -0.39 is 37.9 Å². The molecule has 1 fully saturated rings. The zero-order valence-electron chi connectivity index (χ0n) is 19.0. The van der Waals surface area contributed by atoms with Crippen LogP contribution in [-0.2, 0) is 30.7 Å². The highest BCUT2D eigenvalue weighted by Crippen LogP contribution is 2.24. The average Bonchev–Trinajstić information content (AvgIpc) is 3.19. The highest BCUT2D eigenvalue weighted by atomic mass is 32.2. The number of rotatable bonds is 7. The Labute approximate surface area is 195 Å².